The second kappa shape index (κ2) is 7.41. The van der Waals surface area contributed by atoms with Crippen LogP contribution in [0.2, 0.25) is 0 Å². The fraction of sp³-hybridized carbons (Fsp3) is 0.500. The van der Waals surface area contributed by atoms with Gasteiger partial charge in [-0.25, -0.2) is 4.39 Å². The van der Waals surface area contributed by atoms with Crippen molar-refractivity contribution in [3.63, 3.8) is 0 Å². The van der Waals surface area contributed by atoms with Gasteiger partial charge in [-0.3, -0.25) is 4.79 Å². The van der Waals surface area contributed by atoms with Gasteiger partial charge in [-0.1, -0.05) is 41.7 Å². The average molecular weight is 378 g/mol. The zero-order chi connectivity index (χ0) is 17.2. The third kappa shape index (κ3) is 4.20. The van der Waals surface area contributed by atoms with Crippen LogP contribution in [0.25, 0.3) is 0 Å². The van der Waals surface area contributed by atoms with Gasteiger partial charge in [-0.2, -0.15) is 0 Å². The predicted molar refractivity (Wildman–Crippen MR) is 98.1 cm³/mol. The minimum Gasteiger partial charge on any atom is -0.300 e. The molecule has 2 fully saturated rings. The SMILES string of the molecule is O=C(C[C@H]1C[C@H]2CC[C@@H]1C2)Nc1nnc(SCc2ccc(F)cc2)s1. The summed E-state index contributed by atoms with van der Waals surface area (Å²) in [6, 6.07) is 6.44. The summed E-state index contributed by atoms with van der Waals surface area (Å²) in [7, 11) is 0. The van der Waals surface area contributed by atoms with Crippen molar-refractivity contribution in [1.82, 2.24) is 10.2 Å². The molecule has 4 rings (SSSR count). The molecule has 4 nitrogen and oxygen atoms in total. The smallest absolute Gasteiger partial charge is 0.226 e. The summed E-state index contributed by atoms with van der Waals surface area (Å²) < 4.78 is 13.7. The van der Waals surface area contributed by atoms with Gasteiger partial charge in [0.25, 0.3) is 0 Å². The van der Waals surface area contributed by atoms with Crippen LogP contribution in [-0.2, 0) is 10.5 Å². The lowest BCUT2D eigenvalue weighted by molar-refractivity contribution is -0.117. The number of carbonyl (C=O) groups is 1. The molecule has 132 valence electrons. The molecule has 2 saturated carbocycles. The lowest BCUT2D eigenvalue weighted by Gasteiger charge is -2.20. The monoisotopic (exact) mass is 377 g/mol. The van der Waals surface area contributed by atoms with Crippen LogP contribution in [0.1, 0.15) is 37.7 Å². The largest absolute Gasteiger partial charge is 0.300 e. The third-order valence-corrected chi connectivity index (χ3v) is 7.30. The second-order valence-electron chi connectivity index (χ2n) is 6.98. The Morgan fingerprint density at radius 2 is 2.08 bits per heavy atom. The molecule has 1 aromatic carbocycles. The van der Waals surface area contributed by atoms with E-state index in [1.54, 1.807) is 23.9 Å². The van der Waals surface area contributed by atoms with Crippen molar-refractivity contribution < 1.29 is 9.18 Å². The maximum Gasteiger partial charge on any atom is 0.226 e. The summed E-state index contributed by atoms with van der Waals surface area (Å²) >= 11 is 2.93. The molecule has 2 aromatic rings. The van der Waals surface area contributed by atoms with Gasteiger partial charge in [0.15, 0.2) is 4.34 Å². The van der Waals surface area contributed by atoms with E-state index in [4.69, 9.17) is 0 Å². The Bertz CT molecular complexity index is 749. The molecule has 25 heavy (non-hydrogen) atoms. The molecule has 1 aromatic heterocycles. The van der Waals surface area contributed by atoms with E-state index in [1.807, 2.05) is 0 Å². The number of halogens is 1. The lowest BCUT2D eigenvalue weighted by Crippen LogP contribution is -2.20. The molecule has 0 aliphatic heterocycles. The number of thioether (sulfide) groups is 1. The van der Waals surface area contributed by atoms with Crippen LogP contribution in [-0.4, -0.2) is 16.1 Å². The molecule has 0 saturated heterocycles. The van der Waals surface area contributed by atoms with Crippen LogP contribution in [0.4, 0.5) is 9.52 Å². The fourth-order valence-electron chi connectivity index (χ4n) is 4.08. The van der Waals surface area contributed by atoms with Crippen molar-refractivity contribution in [3.8, 4) is 0 Å². The molecular weight excluding hydrogens is 357 g/mol. The number of nitrogens with zero attached hydrogens (tertiary/aromatic N) is 2. The summed E-state index contributed by atoms with van der Waals surface area (Å²) in [6.07, 6.45) is 5.80. The molecule has 3 atom stereocenters. The zero-order valence-electron chi connectivity index (χ0n) is 13.8. The summed E-state index contributed by atoms with van der Waals surface area (Å²) in [6.45, 7) is 0. The third-order valence-electron chi connectivity index (χ3n) is 5.26. The molecule has 2 bridgehead atoms. The summed E-state index contributed by atoms with van der Waals surface area (Å²) in [5.41, 5.74) is 1.03. The van der Waals surface area contributed by atoms with Crippen molar-refractivity contribution in [2.24, 2.45) is 17.8 Å². The van der Waals surface area contributed by atoms with Crippen molar-refractivity contribution in [1.29, 1.82) is 0 Å². The highest BCUT2D eigenvalue weighted by Gasteiger charge is 2.40. The first-order valence-corrected chi connectivity index (χ1v) is 10.5. The molecule has 2 aliphatic rings. The highest BCUT2D eigenvalue weighted by molar-refractivity contribution is 8.00. The van der Waals surface area contributed by atoms with Gasteiger partial charge in [0.2, 0.25) is 11.0 Å². The van der Waals surface area contributed by atoms with Crippen molar-refractivity contribution in [2.45, 2.75) is 42.2 Å². The number of amides is 1. The Kier molecular flexibility index (Phi) is 5.03. The fourth-order valence-corrected chi connectivity index (χ4v) is 5.80. The van der Waals surface area contributed by atoms with Crippen LogP contribution in [0.5, 0.6) is 0 Å². The highest BCUT2D eigenvalue weighted by Crippen LogP contribution is 2.49. The minimum atomic E-state index is -0.231. The average Bonchev–Trinajstić information content (AvgIpc) is 3.31. The molecule has 7 heteroatoms. The number of hydrogen-bond acceptors (Lipinski definition) is 5. The van der Waals surface area contributed by atoms with Gasteiger partial charge in [-0.15, -0.1) is 10.2 Å². The van der Waals surface area contributed by atoms with Crippen molar-refractivity contribution in [2.75, 3.05) is 5.32 Å². The number of benzene rings is 1. The molecule has 1 heterocycles. The van der Waals surface area contributed by atoms with E-state index in [0.717, 1.165) is 21.7 Å². The molecule has 0 spiro atoms. The maximum absolute atomic E-state index is 12.9. The van der Waals surface area contributed by atoms with Crippen LogP contribution in [0.15, 0.2) is 28.6 Å². The summed E-state index contributed by atoms with van der Waals surface area (Å²) in [5, 5.41) is 11.6. The van der Waals surface area contributed by atoms with Gasteiger partial charge in [0.1, 0.15) is 5.82 Å². The quantitative estimate of drug-likeness (QED) is 0.584. The summed E-state index contributed by atoms with van der Waals surface area (Å²) in [5.74, 6) is 2.70. The number of fused-ring (bicyclic) bond motifs is 2. The van der Waals surface area contributed by atoms with E-state index in [2.05, 4.69) is 15.5 Å². The van der Waals surface area contributed by atoms with Crippen LogP contribution in [0, 0.1) is 23.6 Å². The standard InChI is InChI=1S/C18H20FN3OS2/c19-15-5-2-11(3-6-15)10-24-18-22-21-17(25-18)20-16(23)9-14-8-12-1-4-13(14)7-12/h2-3,5-6,12-14H,1,4,7-10H2,(H,20,21,23)/t12-,13+,14+/m0/s1. The molecule has 2 aliphatic carbocycles. The van der Waals surface area contributed by atoms with E-state index in [-0.39, 0.29) is 11.7 Å². The molecule has 1 amide bonds. The lowest BCUT2D eigenvalue weighted by atomic mass is 9.86. The van der Waals surface area contributed by atoms with E-state index in [0.29, 0.717) is 23.2 Å². The van der Waals surface area contributed by atoms with Crippen molar-refractivity contribution >= 4 is 34.1 Å². The Morgan fingerprint density at radius 3 is 2.80 bits per heavy atom. The number of hydrogen-bond donors (Lipinski definition) is 1. The number of rotatable bonds is 6. The number of carbonyl (C=O) groups excluding carboxylic acids is 1. The van der Waals surface area contributed by atoms with Gasteiger partial charge in [-0.05, 0) is 54.7 Å². The maximum atomic E-state index is 12.9. The number of aromatic nitrogens is 2. The highest BCUT2D eigenvalue weighted by atomic mass is 32.2. The van der Waals surface area contributed by atoms with Gasteiger partial charge >= 0.3 is 0 Å². The Balaban J connectivity index is 1.26. The first kappa shape index (κ1) is 17.0. The van der Waals surface area contributed by atoms with E-state index in [1.165, 1.54) is 49.2 Å². The van der Waals surface area contributed by atoms with Crippen LogP contribution < -0.4 is 5.32 Å². The van der Waals surface area contributed by atoms with E-state index in [9.17, 15) is 9.18 Å². The number of nitrogens with one attached hydrogen (secondary N) is 1. The van der Waals surface area contributed by atoms with Crippen molar-refractivity contribution in [3.05, 3.63) is 35.6 Å². The molecule has 1 N–H and O–H groups in total. The molecule has 0 radical (unpaired) electrons. The van der Waals surface area contributed by atoms with Gasteiger partial charge in [0.05, 0.1) is 0 Å². The summed E-state index contributed by atoms with van der Waals surface area (Å²) in [4.78, 5) is 12.3. The van der Waals surface area contributed by atoms with Crippen LogP contribution >= 0.6 is 23.1 Å². The minimum absolute atomic E-state index is 0.0591. The Hall–Kier alpha value is -1.47. The first-order valence-electron chi connectivity index (χ1n) is 8.66. The predicted octanol–water partition coefficient (Wildman–Crippen LogP) is 4.73. The zero-order valence-corrected chi connectivity index (χ0v) is 15.4. The Morgan fingerprint density at radius 1 is 1.24 bits per heavy atom. The second-order valence-corrected chi connectivity index (χ2v) is 9.18. The van der Waals surface area contributed by atoms with Gasteiger partial charge < -0.3 is 5.32 Å². The van der Waals surface area contributed by atoms with Gasteiger partial charge in [0, 0.05) is 12.2 Å². The topological polar surface area (TPSA) is 54.9 Å². The number of anilines is 1. The normalized spacial score (nSPS) is 24.6. The molecular formula is C18H20FN3OS2. The Labute approximate surface area is 154 Å². The van der Waals surface area contributed by atoms with Crippen LogP contribution in [0.3, 0.4) is 0 Å². The van der Waals surface area contributed by atoms with E-state index < -0.39 is 0 Å². The van der Waals surface area contributed by atoms with E-state index >= 15 is 0 Å². The first-order chi connectivity index (χ1) is 12.2. The molecule has 0 unspecified atom stereocenters.